The Morgan fingerprint density at radius 1 is 1.45 bits per heavy atom. The quantitative estimate of drug-likeness (QED) is 0.855. The van der Waals surface area contributed by atoms with Crippen LogP contribution in [0.3, 0.4) is 0 Å². The third kappa shape index (κ3) is 3.38. The highest BCUT2D eigenvalue weighted by Crippen LogP contribution is 2.22. The zero-order valence-corrected chi connectivity index (χ0v) is 13.3. The first-order valence-electron chi connectivity index (χ1n) is 6.21. The standard InChI is InChI=1S/C12H18N4O2S2/c1-9(2)16-7-10(5-14-16)15-20(17,18)12-4-11(6-13-3)19-8-12/h4-5,7-9,13,15H,6H2,1-3H3. The second-order valence-corrected chi connectivity index (χ2v) is 7.37. The minimum absolute atomic E-state index is 0.191. The number of nitrogens with zero attached hydrogens (tertiary/aromatic N) is 2. The zero-order chi connectivity index (χ0) is 14.8. The molecule has 0 aliphatic rings. The van der Waals surface area contributed by atoms with Crippen LogP contribution >= 0.6 is 11.3 Å². The van der Waals surface area contributed by atoms with E-state index in [1.807, 2.05) is 20.9 Å². The number of thiophene rings is 1. The first-order valence-corrected chi connectivity index (χ1v) is 8.57. The van der Waals surface area contributed by atoms with Crippen molar-refractivity contribution in [2.24, 2.45) is 0 Å². The van der Waals surface area contributed by atoms with Gasteiger partial charge in [-0.3, -0.25) is 9.40 Å². The Bertz CT molecular complexity index is 673. The van der Waals surface area contributed by atoms with Crippen LogP contribution in [0.5, 0.6) is 0 Å². The number of anilines is 1. The minimum atomic E-state index is -3.54. The SMILES string of the molecule is CNCc1cc(S(=O)(=O)Nc2cnn(C(C)C)c2)cs1. The summed E-state index contributed by atoms with van der Waals surface area (Å²) in [7, 11) is -1.72. The Morgan fingerprint density at radius 3 is 2.80 bits per heavy atom. The maximum atomic E-state index is 12.2. The van der Waals surface area contributed by atoms with Crippen molar-refractivity contribution >= 4 is 27.0 Å². The number of aromatic nitrogens is 2. The molecule has 6 nitrogen and oxygen atoms in total. The van der Waals surface area contributed by atoms with Crippen LogP contribution < -0.4 is 10.0 Å². The molecule has 0 radical (unpaired) electrons. The Balaban J connectivity index is 2.16. The van der Waals surface area contributed by atoms with Crippen LogP contribution in [0.1, 0.15) is 24.8 Å². The van der Waals surface area contributed by atoms with Crippen LogP contribution in [0, 0.1) is 0 Å². The van der Waals surface area contributed by atoms with Gasteiger partial charge >= 0.3 is 0 Å². The van der Waals surface area contributed by atoms with Gasteiger partial charge in [0.2, 0.25) is 0 Å². The van der Waals surface area contributed by atoms with Crippen LogP contribution in [-0.2, 0) is 16.6 Å². The third-order valence-corrected chi connectivity index (χ3v) is 5.12. The highest BCUT2D eigenvalue weighted by Gasteiger charge is 2.17. The third-order valence-electron chi connectivity index (χ3n) is 2.67. The fourth-order valence-corrected chi connectivity index (χ4v) is 3.97. The minimum Gasteiger partial charge on any atom is -0.315 e. The lowest BCUT2D eigenvalue weighted by molar-refractivity contribution is 0.532. The normalized spacial score (nSPS) is 12.0. The van der Waals surface area contributed by atoms with Crippen LogP contribution in [-0.4, -0.2) is 25.2 Å². The van der Waals surface area contributed by atoms with Crippen molar-refractivity contribution in [2.45, 2.75) is 31.3 Å². The zero-order valence-electron chi connectivity index (χ0n) is 11.6. The van der Waals surface area contributed by atoms with Gasteiger partial charge in [0, 0.05) is 29.0 Å². The van der Waals surface area contributed by atoms with Gasteiger partial charge < -0.3 is 5.32 Å². The molecule has 20 heavy (non-hydrogen) atoms. The summed E-state index contributed by atoms with van der Waals surface area (Å²) < 4.78 is 28.7. The van der Waals surface area contributed by atoms with Crippen LogP contribution in [0.15, 0.2) is 28.7 Å². The van der Waals surface area contributed by atoms with Crippen LogP contribution in [0.4, 0.5) is 5.69 Å². The largest absolute Gasteiger partial charge is 0.315 e. The van der Waals surface area contributed by atoms with Gasteiger partial charge in [0.15, 0.2) is 0 Å². The molecule has 0 aliphatic carbocycles. The first kappa shape index (κ1) is 15.0. The maximum absolute atomic E-state index is 12.2. The average Bonchev–Trinajstić information content (AvgIpc) is 2.98. The molecular formula is C12H18N4O2S2. The molecule has 8 heteroatoms. The summed E-state index contributed by atoms with van der Waals surface area (Å²) >= 11 is 1.42. The molecule has 2 aromatic rings. The number of rotatable bonds is 6. The summed E-state index contributed by atoms with van der Waals surface area (Å²) in [5.74, 6) is 0. The van der Waals surface area contributed by atoms with Crippen molar-refractivity contribution in [3.8, 4) is 0 Å². The van der Waals surface area contributed by atoms with Crippen molar-refractivity contribution in [1.82, 2.24) is 15.1 Å². The van der Waals surface area contributed by atoms with Crippen LogP contribution in [0.2, 0.25) is 0 Å². The van der Waals surface area contributed by atoms with Gasteiger partial charge in [-0.25, -0.2) is 8.42 Å². The summed E-state index contributed by atoms with van der Waals surface area (Å²) in [6, 6.07) is 1.87. The molecule has 2 rings (SSSR count). The van der Waals surface area contributed by atoms with Gasteiger partial charge in [0.25, 0.3) is 10.0 Å². The molecular weight excluding hydrogens is 296 g/mol. The lowest BCUT2D eigenvalue weighted by atomic mass is 10.4. The summed E-state index contributed by atoms with van der Waals surface area (Å²) in [6.45, 7) is 4.62. The van der Waals surface area contributed by atoms with Crippen LogP contribution in [0.25, 0.3) is 0 Å². The summed E-state index contributed by atoms with van der Waals surface area (Å²) in [4.78, 5) is 1.26. The van der Waals surface area contributed by atoms with E-state index in [1.54, 1.807) is 22.3 Å². The number of hydrogen-bond acceptors (Lipinski definition) is 5. The average molecular weight is 314 g/mol. The van der Waals surface area contributed by atoms with Gasteiger partial charge in [0.05, 0.1) is 16.8 Å². The second kappa shape index (κ2) is 5.94. The number of hydrogen-bond donors (Lipinski definition) is 2. The Morgan fingerprint density at radius 2 is 2.20 bits per heavy atom. The monoisotopic (exact) mass is 314 g/mol. The van der Waals surface area contributed by atoms with E-state index < -0.39 is 10.0 Å². The van der Waals surface area contributed by atoms with E-state index in [1.165, 1.54) is 17.5 Å². The van der Waals surface area contributed by atoms with E-state index in [0.29, 0.717) is 12.2 Å². The topological polar surface area (TPSA) is 76.0 Å². The second-order valence-electron chi connectivity index (χ2n) is 4.69. The van der Waals surface area contributed by atoms with Crippen molar-refractivity contribution in [2.75, 3.05) is 11.8 Å². The first-order chi connectivity index (χ1) is 9.42. The number of sulfonamides is 1. The molecule has 0 saturated carbocycles. The molecule has 0 aromatic carbocycles. The van der Waals surface area contributed by atoms with E-state index in [9.17, 15) is 8.42 Å². The molecule has 0 unspecified atom stereocenters. The van der Waals surface area contributed by atoms with Crippen molar-refractivity contribution in [1.29, 1.82) is 0 Å². The van der Waals surface area contributed by atoms with Gasteiger partial charge in [-0.15, -0.1) is 11.3 Å². The summed E-state index contributed by atoms with van der Waals surface area (Å²) in [5.41, 5.74) is 0.472. The van der Waals surface area contributed by atoms with Gasteiger partial charge in [-0.05, 0) is 27.0 Å². The molecule has 0 fully saturated rings. The number of nitrogens with one attached hydrogen (secondary N) is 2. The van der Waals surface area contributed by atoms with Gasteiger partial charge in [-0.2, -0.15) is 5.10 Å². The molecule has 0 saturated heterocycles. The molecule has 2 heterocycles. The molecule has 110 valence electrons. The highest BCUT2D eigenvalue weighted by atomic mass is 32.2. The maximum Gasteiger partial charge on any atom is 0.262 e. The van der Waals surface area contributed by atoms with E-state index in [2.05, 4.69) is 15.1 Å². The van der Waals surface area contributed by atoms with E-state index in [0.717, 1.165) is 4.88 Å². The smallest absolute Gasteiger partial charge is 0.262 e. The molecule has 0 bridgehead atoms. The molecule has 2 aromatic heterocycles. The highest BCUT2D eigenvalue weighted by molar-refractivity contribution is 7.92. The molecule has 0 atom stereocenters. The molecule has 0 spiro atoms. The van der Waals surface area contributed by atoms with Crippen molar-refractivity contribution < 1.29 is 8.42 Å². The molecule has 2 N–H and O–H groups in total. The Labute approximate surface area is 122 Å². The van der Waals surface area contributed by atoms with E-state index >= 15 is 0 Å². The van der Waals surface area contributed by atoms with Gasteiger partial charge in [0.1, 0.15) is 0 Å². The summed E-state index contributed by atoms with van der Waals surface area (Å²) in [6.07, 6.45) is 3.20. The Hall–Kier alpha value is -1.38. The fourth-order valence-electron chi connectivity index (χ4n) is 1.66. The fraction of sp³-hybridized carbons (Fsp3) is 0.417. The lowest BCUT2D eigenvalue weighted by Crippen LogP contribution is -2.12. The predicted octanol–water partition coefficient (Wildman–Crippen LogP) is 2.05. The summed E-state index contributed by atoms with van der Waals surface area (Å²) in [5, 5.41) is 8.75. The Kier molecular flexibility index (Phi) is 4.46. The van der Waals surface area contributed by atoms with Crippen molar-refractivity contribution in [3.05, 3.63) is 28.7 Å². The molecule has 0 aliphatic heterocycles. The predicted molar refractivity (Wildman–Crippen MR) is 80.5 cm³/mol. The lowest BCUT2D eigenvalue weighted by Gasteiger charge is -2.05. The van der Waals surface area contributed by atoms with E-state index in [4.69, 9.17) is 0 Å². The van der Waals surface area contributed by atoms with E-state index in [-0.39, 0.29) is 10.9 Å². The van der Waals surface area contributed by atoms with Gasteiger partial charge in [-0.1, -0.05) is 0 Å². The molecule has 0 amide bonds. The van der Waals surface area contributed by atoms with Crippen molar-refractivity contribution in [3.63, 3.8) is 0 Å².